The van der Waals surface area contributed by atoms with E-state index < -0.39 is 5.91 Å². The van der Waals surface area contributed by atoms with Gasteiger partial charge in [0.1, 0.15) is 35.1 Å². The second kappa shape index (κ2) is 11.1. The van der Waals surface area contributed by atoms with E-state index in [4.69, 9.17) is 16.3 Å². The molecule has 4 rings (SSSR count). The molecule has 0 bridgehead atoms. The van der Waals surface area contributed by atoms with Gasteiger partial charge in [0, 0.05) is 9.90 Å². The maximum absolute atomic E-state index is 12.8. The first-order valence-electron chi connectivity index (χ1n) is 10.6. The van der Waals surface area contributed by atoms with Crippen molar-refractivity contribution in [2.24, 2.45) is 0 Å². The summed E-state index contributed by atoms with van der Waals surface area (Å²) in [5, 5.41) is 23.2. The Morgan fingerprint density at radius 2 is 1.94 bits per heavy atom. The van der Waals surface area contributed by atoms with Gasteiger partial charge in [0.25, 0.3) is 5.91 Å². The normalized spacial score (nSPS) is 12.9. The summed E-state index contributed by atoms with van der Waals surface area (Å²) in [5.41, 5.74) is 3.25. The number of amides is 1. The number of nitrogens with zero attached hydrogens (tertiary/aromatic N) is 2. The lowest BCUT2D eigenvalue weighted by Crippen LogP contribution is -2.13. The first-order valence-corrected chi connectivity index (χ1v) is 12.9. The van der Waals surface area contributed by atoms with E-state index in [2.05, 4.69) is 34.0 Å². The predicted octanol–water partition coefficient (Wildman–Crippen LogP) is 6.88. The SMILES string of the molecule is N#C/C(=C\c1ccc(OCc2ccc(Cl)cc2)c(I)c1)C(=O)Nc1sc2c(c1C#N)CCCC2. The average molecular weight is 600 g/mol. The Kier molecular flexibility index (Phi) is 7.89. The van der Waals surface area contributed by atoms with Crippen molar-refractivity contribution in [3.63, 3.8) is 0 Å². The summed E-state index contributed by atoms with van der Waals surface area (Å²) in [7, 11) is 0. The van der Waals surface area contributed by atoms with Crippen LogP contribution in [-0.2, 0) is 24.2 Å². The molecule has 5 nitrogen and oxygen atoms in total. The molecule has 34 heavy (non-hydrogen) atoms. The Hall–Kier alpha value is -2.85. The molecular formula is C26H19ClIN3O2S. The molecule has 0 aliphatic heterocycles. The van der Waals surface area contributed by atoms with Crippen LogP contribution in [0.3, 0.4) is 0 Å². The van der Waals surface area contributed by atoms with Crippen LogP contribution in [0.25, 0.3) is 6.08 Å². The fourth-order valence-corrected chi connectivity index (χ4v) is 5.78. The minimum atomic E-state index is -0.518. The number of carbonyl (C=O) groups excluding carboxylic acids is 1. The molecule has 1 N–H and O–H groups in total. The standard InChI is InChI=1S/C26H19ClIN3O2S/c27-19-8-5-16(6-9-19)15-33-23-10-7-17(12-22(23)28)11-18(13-29)25(32)31-26-21(14-30)20-3-1-2-4-24(20)34-26/h5-12H,1-4,15H2,(H,31,32)/b18-11+. The van der Waals surface area contributed by atoms with Crippen LogP contribution in [-0.4, -0.2) is 5.91 Å². The van der Waals surface area contributed by atoms with E-state index in [1.54, 1.807) is 12.1 Å². The van der Waals surface area contributed by atoms with Crippen LogP contribution >= 0.6 is 45.5 Å². The lowest BCUT2D eigenvalue weighted by atomic mass is 9.96. The number of anilines is 1. The van der Waals surface area contributed by atoms with Crippen molar-refractivity contribution in [3.05, 3.63) is 83.8 Å². The quantitative estimate of drug-likeness (QED) is 0.190. The smallest absolute Gasteiger partial charge is 0.266 e. The second-order valence-electron chi connectivity index (χ2n) is 7.76. The van der Waals surface area contributed by atoms with Crippen LogP contribution in [0.15, 0.2) is 48.0 Å². The van der Waals surface area contributed by atoms with Crippen LogP contribution in [0.2, 0.25) is 5.02 Å². The molecule has 1 heterocycles. The van der Waals surface area contributed by atoms with E-state index in [-0.39, 0.29) is 5.57 Å². The summed E-state index contributed by atoms with van der Waals surface area (Å²) in [5.74, 6) is 0.189. The molecule has 0 radical (unpaired) electrons. The Balaban J connectivity index is 1.48. The van der Waals surface area contributed by atoms with E-state index in [1.165, 1.54) is 11.3 Å². The highest BCUT2D eigenvalue weighted by Gasteiger charge is 2.22. The number of ether oxygens (including phenoxy) is 1. The first kappa shape index (κ1) is 24.3. The average Bonchev–Trinajstić information content (AvgIpc) is 3.19. The third kappa shape index (κ3) is 5.61. The number of halogens is 2. The Bertz CT molecular complexity index is 1350. The topological polar surface area (TPSA) is 85.9 Å². The molecule has 2 aromatic carbocycles. The van der Waals surface area contributed by atoms with Crippen molar-refractivity contribution in [3.8, 4) is 17.9 Å². The molecule has 1 aliphatic rings. The van der Waals surface area contributed by atoms with Gasteiger partial charge in [-0.25, -0.2) is 0 Å². The molecule has 170 valence electrons. The van der Waals surface area contributed by atoms with Crippen molar-refractivity contribution < 1.29 is 9.53 Å². The zero-order chi connectivity index (χ0) is 24.1. The fraction of sp³-hybridized carbons (Fsp3) is 0.192. The second-order valence-corrected chi connectivity index (χ2v) is 10.5. The monoisotopic (exact) mass is 599 g/mol. The third-order valence-electron chi connectivity index (χ3n) is 5.45. The van der Waals surface area contributed by atoms with Crippen molar-refractivity contribution in [1.82, 2.24) is 0 Å². The number of aryl methyl sites for hydroxylation is 1. The van der Waals surface area contributed by atoms with Crippen molar-refractivity contribution in [2.45, 2.75) is 32.3 Å². The molecule has 0 spiro atoms. The van der Waals surface area contributed by atoms with E-state index in [1.807, 2.05) is 42.5 Å². The van der Waals surface area contributed by atoms with Crippen LogP contribution in [0, 0.1) is 26.2 Å². The summed E-state index contributed by atoms with van der Waals surface area (Å²) < 4.78 is 6.75. The summed E-state index contributed by atoms with van der Waals surface area (Å²) in [6.45, 7) is 0.403. The maximum atomic E-state index is 12.8. The van der Waals surface area contributed by atoms with Gasteiger partial charge in [0.05, 0.1) is 9.13 Å². The van der Waals surface area contributed by atoms with Crippen LogP contribution in [0.4, 0.5) is 5.00 Å². The summed E-state index contributed by atoms with van der Waals surface area (Å²) in [4.78, 5) is 14.0. The van der Waals surface area contributed by atoms with Crippen LogP contribution in [0.1, 0.15) is 40.0 Å². The highest BCUT2D eigenvalue weighted by atomic mass is 127. The fourth-order valence-electron chi connectivity index (χ4n) is 3.72. The van der Waals surface area contributed by atoms with Crippen LogP contribution in [0.5, 0.6) is 5.75 Å². The molecular weight excluding hydrogens is 581 g/mol. The molecule has 0 atom stereocenters. The number of hydrogen-bond acceptors (Lipinski definition) is 5. The van der Waals surface area contributed by atoms with E-state index in [9.17, 15) is 15.3 Å². The molecule has 8 heteroatoms. The molecule has 0 saturated carbocycles. The van der Waals surface area contributed by atoms with Gasteiger partial charge in [-0.3, -0.25) is 4.79 Å². The molecule has 1 aromatic heterocycles. The number of rotatable bonds is 6. The Morgan fingerprint density at radius 1 is 1.18 bits per heavy atom. The third-order valence-corrected chi connectivity index (χ3v) is 7.75. The summed E-state index contributed by atoms with van der Waals surface area (Å²) in [6, 6.07) is 17.1. The molecule has 3 aromatic rings. The Labute approximate surface area is 220 Å². The minimum absolute atomic E-state index is 0.0269. The highest BCUT2D eigenvalue weighted by molar-refractivity contribution is 14.1. The number of benzene rings is 2. The number of fused-ring (bicyclic) bond motifs is 1. The highest BCUT2D eigenvalue weighted by Crippen LogP contribution is 2.37. The van der Waals surface area contributed by atoms with Gasteiger partial charge in [0.2, 0.25) is 0 Å². The van der Waals surface area contributed by atoms with Gasteiger partial charge < -0.3 is 10.1 Å². The lowest BCUT2D eigenvalue weighted by molar-refractivity contribution is -0.112. The molecule has 0 fully saturated rings. The van der Waals surface area contributed by atoms with Crippen molar-refractivity contribution in [2.75, 3.05) is 5.32 Å². The van der Waals surface area contributed by atoms with Gasteiger partial charge in [-0.15, -0.1) is 11.3 Å². The molecule has 0 unspecified atom stereocenters. The van der Waals surface area contributed by atoms with Gasteiger partial charge in [-0.1, -0.05) is 29.8 Å². The van der Waals surface area contributed by atoms with Crippen molar-refractivity contribution in [1.29, 1.82) is 10.5 Å². The van der Waals surface area contributed by atoms with E-state index >= 15 is 0 Å². The van der Waals surface area contributed by atoms with Gasteiger partial charge in [0.15, 0.2) is 0 Å². The van der Waals surface area contributed by atoms with E-state index in [0.717, 1.165) is 45.3 Å². The maximum Gasteiger partial charge on any atom is 0.266 e. The largest absolute Gasteiger partial charge is 0.488 e. The van der Waals surface area contributed by atoms with E-state index in [0.29, 0.717) is 33.5 Å². The zero-order valence-electron chi connectivity index (χ0n) is 18.0. The van der Waals surface area contributed by atoms with Gasteiger partial charge in [-0.05, 0) is 95.3 Å². The number of nitrogens with one attached hydrogen (secondary N) is 1. The van der Waals surface area contributed by atoms with Crippen molar-refractivity contribution >= 4 is 62.5 Å². The number of nitriles is 2. The Morgan fingerprint density at radius 3 is 2.65 bits per heavy atom. The number of thiophene rings is 1. The van der Waals surface area contributed by atoms with Crippen LogP contribution < -0.4 is 10.1 Å². The number of carbonyl (C=O) groups is 1. The predicted molar refractivity (Wildman–Crippen MR) is 143 cm³/mol. The first-order chi connectivity index (χ1) is 16.5. The van der Waals surface area contributed by atoms with Gasteiger partial charge >= 0.3 is 0 Å². The molecule has 1 aliphatic carbocycles. The molecule has 0 saturated heterocycles. The number of hydrogen-bond donors (Lipinski definition) is 1. The van der Waals surface area contributed by atoms with Gasteiger partial charge in [-0.2, -0.15) is 10.5 Å². The molecule has 1 amide bonds. The summed E-state index contributed by atoms with van der Waals surface area (Å²) >= 11 is 9.53. The summed E-state index contributed by atoms with van der Waals surface area (Å²) in [6.07, 6.45) is 5.47. The lowest BCUT2D eigenvalue weighted by Gasteiger charge is -2.09. The zero-order valence-corrected chi connectivity index (χ0v) is 21.8. The minimum Gasteiger partial charge on any atom is -0.488 e.